The van der Waals surface area contributed by atoms with Gasteiger partial charge in [-0.2, -0.15) is 0 Å². The first kappa shape index (κ1) is 25.5. The van der Waals surface area contributed by atoms with Crippen LogP contribution in [0.2, 0.25) is 0 Å². The summed E-state index contributed by atoms with van der Waals surface area (Å²) in [7, 11) is -8.14. The number of benzene rings is 2. The van der Waals surface area contributed by atoms with Crippen LogP contribution >= 0.6 is 0 Å². The van der Waals surface area contributed by atoms with Crippen molar-refractivity contribution in [1.29, 1.82) is 0 Å². The van der Waals surface area contributed by atoms with E-state index in [2.05, 4.69) is 20.0 Å². The van der Waals surface area contributed by atoms with Crippen LogP contribution in [-0.4, -0.2) is 32.8 Å². The summed E-state index contributed by atoms with van der Waals surface area (Å²) in [5.74, 6) is -0.192. The van der Waals surface area contributed by atoms with Gasteiger partial charge in [0, 0.05) is 11.6 Å². The Bertz CT molecular complexity index is 1330. The van der Waals surface area contributed by atoms with Gasteiger partial charge in [-0.1, -0.05) is 24.3 Å². The van der Waals surface area contributed by atoms with E-state index in [0.717, 1.165) is 0 Å². The molecular formula is C19H18AgN5O5S2. The van der Waals surface area contributed by atoms with Gasteiger partial charge in [-0.05, 0) is 61.6 Å². The van der Waals surface area contributed by atoms with Crippen molar-refractivity contribution in [1.82, 2.24) is 14.7 Å². The molecule has 2 N–H and O–H groups in total. The minimum Gasteiger partial charge on any atom is -0.366 e. The summed E-state index contributed by atoms with van der Waals surface area (Å²) in [5.41, 5.74) is 1.23. The number of aryl methyl sites for hydroxylation is 2. The van der Waals surface area contributed by atoms with E-state index in [0.29, 0.717) is 11.3 Å². The maximum absolute atomic E-state index is 12.4. The van der Waals surface area contributed by atoms with Crippen LogP contribution in [0.5, 0.6) is 0 Å². The van der Waals surface area contributed by atoms with Gasteiger partial charge in [0.05, 0.1) is 9.79 Å². The molecule has 10 nitrogen and oxygen atoms in total. The number of sulfonamides is 2. The van der Waals surface area contributed by atoms with E-state index in [4.69, 9.17) is 0 Å². The van der Waals surface area contributed by atoms with Gasteiger partial charge in [0.1, 0.15) is 0 Å². The van der Waals surface area contributed by atoms with Gasteiger partial charge >= 0.3 is 28.4 Å². The molecule has 0 fully saturated rings. The van der Waals surface area contributed by atoms with Crippen molar-refractivity contribution >= 4 is 37.7 Å². The number of carbonyl (C=O) groups is 1. The molecule has 3 aromatic rings. The van der Waals surface area contributed by atoms with Crippen LogP contribution in [0.15, 0.2) is 70.6 Å². The van der Waals surface area contributed by atoms with Crippen LogP contribution in [-0.2, 0) is 42.4 Å². The number of rotatable bonds is 6. The number of aromatic nitrogens is 2. The standard InChI is InChI=1S/C19H19N5O5S2.Ag/c1-13-5-3-4-6-17(13)31(28,29)24-19(25)22-15-7-9-16(10-8-15)30(26,27)23-18-20-12-11-14(2)21-18;/h3-12H,1-2H3,(H3,20,21,22,23,24,25);/q;+1/p-1. The first-order valence-electron chi connectivity index (χ1n) is 8.84. The fourth-order valence-corrected chi connectivity index (χ4v) is 4.58. The molecule has 0 saturated carbocycles. The summed E-state index contributed by atoms with van der Waals surface area (Å²) in [6.07, 6.45) is 1.40. The van der Waals surface area contributed by atoms with E-state index in [1.807, 2.05) is 4.72 Å². The molecule has 13 heteroatoms. The molecule has 1 heterocycles. The van der Waals surface area contributed by atoms with Crippen molar-refractivity contribution in [3.8, 4) is 0 Å². The van der Waals surface area contributed by atoms with E-state index in [1.165, 1.54) is 36.5 Å². The number of amides is 2. The van der Waals surface area contributed by atoms with Crippen LogP contribution in [0, 0.1) is 13.8 Å². The Morgan fingerprint density at radius 1 is 0.938 bits per heavy atom. The largest absolute Gasteiger partial charge is 1.00 e. The van der Waals surface area contributed by atoms with Gasteiger partial charge in [0.2, 0.25) is 10.0 Å². The molecule has 3 rings (SSSR count). The van der Waals surface area contributed by atoms with E-state index >= 15 is 0 Å². The summed E-state index contributed by atoms with van der Waals surface area (Å²) >= 11 is 0. The maximum atomic E-state index is 12.4. The smallest absolute Gasteiger partial charge is 0.366 e. The zero-order valence-electron chi connectivity index (χ0n) is 16.8. The predicted molar refractivity (Wildman–Crippen MR) is 114 cm³/mol. The molecule has 0 radical (unpaired) electrons. The number of carbonyl (C=O) groups excluding carboxylic acids is 1. The molecule has 2 aromatic carbocycles. The molecule has 0 atom stereocenters. The summed E-state index contributed by atoms with van der Waals surface area (Å²) in [5, 5.41) is 2.34. The van der Waals surface area contributed by atoms with Crippen LogP contribution in [0.4, 0.5) is 16.4 Å². The molecule has 0 aliphatic rings. The van der Waals surface area contributed by atoms with Crippen molar-refractivity contribution in [2.75, 3.05) is 5.32 Å². The van der Waals surface area contributed by atoms with Gasteiger partial charge < -0.3 is 15.3 Å². The SMILES string of the molecule is Cc1ccnc([N-]S(=O)(=O)c2ccc(NC(=O)NS(=O)(=O)c3ccccc3C)cc2)n1.[Ag+]. The van der Waals surface area contributed by atoms with Gasteiger partial charge in [0.25, 0.3) is 10.0 Å². The Morgan fingerprint density at radius 3 is 2.22 bits per heavy atom. The molecule has 1 aromatic heterocycles. The van der Waals surface area contributed by atoms with Gasteiger partial charge in [-0.25, -0.2) is 26.4 Å². The Hall–Kier alpha value is -2.77. The number of urea groups is 1. The molecule has 0 unspecified atom stereocenters. The first-order valence-corrected chi connectivity index (χ1v) is 11.8. The van der Waals surface area contributed by atoms with E-state index in [9.17, 15) is 21.6 Å². The molecule has 0 aliphatic heterocycles. The van der Waals surface area contributed by atoms with Crippen molar-refractivity contribution in [3.05, 3.63) is 76.8 Å². The number of hydrogen-bond acceptors (Lipinski definition) is 7. The third kappa shape index (κ3) is 6.37. The van der Waals surface area contributed by atoms with E-state index < -0.39 is 26.1 Å². The Kier molecular flexibility index (Phi) is 8.15. The quantitative estimate of drug-likeness (QED) is 0.434. The minimum atomic E-state index is -4.07. The summed E-state index contributed by atoms with van der Waals surface area (Å²) in [4.78, 5) is 19.7. The maximum Gasteiger partial charge on any atom is 1.00 e. The summed E-state index contributed by atoms with van der Waals surface area (Å²) in [6.45, 7) is 3.29. The molecule has 0 saturated heterocycles. The summed E-state index contributed by atoms with van der Waals surface area (Å²) in [6, 6.07) is 11.9. The van der Waals surface area contributed by atoms with Crippen LogP contribution in [0.3, 0.4) is 0 Å². The van der Waals surface area contributed by atoms with Crippen LogP contribution in [0.1, 0.15) is 11.3 Å². The van der Waals surface area contributed by atoms with Crippen molar-refractivity contribution in [2.45, 2.75) is 23.6 Å². The molecule has 2 amide bonds. The van der Waals surface area contributed by atoms with Gasteiger partial charge in [-0.3, -0.25) is 4.72 Å². The van der Waals surface area contributed by atoms with E-state index in [1.54, 1.807) is 38.1 Å². The fourth-order valence-electron chi connectivity index (χ4n) is 2.54. The summed E-state index contributed by atoms with van der Waals surface area (Å²) < 4.78 is 55.0. The van der Waals surface area contributed by atoms with Crippen LogP contribution < -0.4 is 10.0 Å². The average Bonchev–Trinajstić information content (AvgIpc) is 2.67. The van der Waals surface area contributed by atoms with Crippen LogP contribution in [0.25, 0.3) is 4.72 Å². The monoisotopic (exact) mass is 567 g/mol. The molecular weight excluding hydrogens is 550 g/mol. The van der Waals surface area contributed by atoms with Gasteiger partial charge in [0.15, 0.2) is 0 Å². The second-order valence-electron chi connectivity index (χ2n) is 6.41. The molecule has 0 spiro atoms. The zero-order valence-corrected chi connectivity index (χ0v) is 19.9. The first-order chi connectivity index (χ1) is 14.6. The fraction of sp³-hybridized carbons (Fsp3) is 0.105. The van der Waals surface area contributed by atoms with Crippen molar-refractivity contribution in [2.24, 2.45) is 0 Å². The van der Waals surface area contributed by atoms with Crippen molar-refractivity contribution < 1.29 is 44.0 Å². The second-order valence-corrected chi connectivity index (χ2v) is 9.67. The third-order valence-electron chi connectivity index (χ3n) is 4.00. The van der Waals surface area contributed by atoms with Gasteiger partial charge in [-0.15, -0.1) is 0 Å². The average molecular weight is 568 g/mol. The topological polar surface area (TPSA) is 149 Å². The predicted octanol–water partition coefficient (Wildman–Crippen LogP) is 3.00. The number of nitrogens with one attached hydrogen (secondary N) is 2. The van der Waals surface area contributed by atoms with Crippen molar-refractivity contribution in [3.63, 3.8) is 0 Å². The molecule has 0 bridgehead atoms. The third-order valence-corrected chi connectivity index (χ3v) is 6.77. The Morgan fingerprint density at radius 2 is 1.59 bits per heavy atom. The number of hydrogen-bond donors (Lipinski definition) is 2. The Labute approximate surface area is 201 Å². The van der Waals surface area contributed by atoms with E-state index in [-0.39, 0.29) is 43.8 Å². The number of anilines is 1. The Balaban J connectivity index is 0.00000363. The molecule has 32 heavy (non-hydrogen) atoms. The zero-order chi connectivity index (χ0) is 22.6. The normalized spacial score (nSPS) is 11.2. The minimum absolute atomic E-state index is 0. The molecule has 172 valence electrons. The molecule has 0 aliphatic carbocycles. The number of nitrogens with zero attached hydrogens (tertiary/aromatic N) is 3. The second kappa shape index (κ2) is 10.2.